The average Bonchev–Trinajstić information content (AvgIpc) is 1.68. The van der Waals surface area contributed by atoms with Crippen molar-refractivity contribution >= 4 is 28.8 Å². The minimum absolute atomic E-state index is 1.04. The summed E-state index contributed by atoms with van der Waals surface area (Å²) < 4.78 is 1.04. The summed E-state index contributed by atoms with van der Waals surface area (Å²) in [5.74, 6) is 0. The van der Waals surface area contributed by atoms with E-state index in [4.69, 9.17) is 0 Å². The van der Waals surface area contributed by atoms with Gasteiger partial charge < -0.3 is 0 Å². The number of halogens is 1. The third-order valence-electron chi connectivity index (χ3n) is 0.705. The zero-order chi connectivity index (χ0) is 6.41. The number of nitrogens with zero attached hydrogens (tertiary/aromatic N) is 1. The summed E-state index contributed by atoms with van der Waals surface area (Å²) in [7, 11) is 0. The van der Waals surface area contributed by atoms with E-state index >= 15 is 0 Å². The van der Waals surface area contributed by atoms with Crippen molar-refractivity contribution in [2.24, 2.45) is 4.99 Å². The highest BCUT2D eigenvalue weighted by atomic mass is 127. The quantitative estimate of drug-likeness (QED) is 0.387. The van der Waals surface area contributed by atoms with Crippen LogP contribution in [0, 0.1) is 0 Å². The lowest BCUT2D eigenvalue weighted by molar-refractivity contribution is 1.30. The first-order valence-electron chi connectivity index (χ1n) is 2.52. The summed E-state index contributed by atoms with van der Waals surface area (Å²) in [6.45, 7) is 3.92. The smallest absolute Gasteiger partial charge is 0.0336 e. The van der Waals surface area contributed by atoms with E-state index in [1.807, 2.05) is 13.8 Å². The monoisotopic (exact) mass is 223 g/mol. The van der Waals surface area contributed by atoms with Crippen LogP contribution in [0.2, 0.25) is 0 Å². The van der Waals surface area contributed by atoms with Crippen LogP contribution in [0.1, 0.15) is 13.8 Å². The van der Waals surface area contributed by atoms with Crippen LogP contribution < -0.4 is 0 Å². The van der Waals surface area contributed by atoms with Crippen LogP contribution in [0.4, 0.5) is 0 Å². The fourth-order valence-corrected chi connectivity index (χ4v) is 1.01. The number of alkyl halides is 1. The Balaban J connectivity index is 3.61. The molecule has 0 N–H and O–H groups in total. The second-order valence-electron chi connectivity index (χ2n) is 1.39. The molecule has 0 unspecified atom stereocenters. The normalized spacial score (nSPS) is 13.1. The van der Waals surface area contributed by atoms with Gasteiger partial charge in [0.1, 0.15) is 0 Å². The predicted octanol–water partition coefficient (Wildman–Crippen LogP) is 2.42. The maximum Gasteiger partial charge on any atom is 0.0336 e. The fraction of sp³-hybridized carbons (Fsp3) is 0.500. The topological polar surface area (TPSA) is 12.4 Å². The highest BCUT2D eigenvalue weighted by Gasteiger charge is 1.75. The standard InChI is InChI=1S/C6H10IN/c1-3-8-6(2)4-5-7/h3-4H,5H2,1-2H3/b6-4-,8-3?. The van der Waals surface area contributed by atoms with E-state index in [0.717, 1.165) is 10.1 Å². The van der Waals surface area contributed by atoms with E-state index in [2.05, 4.69) is 33.7 Å². The highest BCUT2D eigenvalue weighted by Crippen LogP contribution is 1.94. The molecule has 0 saturated heterocycles. The average molecular weight is 223 g/mol. The first-order valence-corrected chi connectivity index (χ1v) is 4.05. The van der Waals surface area contributed by atoms with Crippen LogP contribution in [0.3, 0.4) is 0 Å². The van der Waals surface area contributed by atoms with Crippen molar-refractivity contribution in [2.75, 3.05) is 4.43 Å². The Hall–Kier alpha value is 0.140. The van der Waals surface area contributed by atoms with Crippen molar-refractivity contribution in [3.8, 4) is 0 Å². The van der Waals surface area contributed by atoms with Crippen LogP contribution in [0.25, 0.3) is 0 Å². The van der Waals surface area contributed by atoms with Gasteiger partial charge in [-0.1, -0.05) is 28.7 Å². The van der Waals surface area contributed by atoms with Gasteiger partial charge >= 0.3 is 0 Å². The third kappa shape index (κ3) is 4.30. The van der Waals surface area contributed by atoms with Crippen molar-refractivity contribution in [3.63, 3.8) is 0 Å². The Labute approximate surface area is 64.0 Å². The van der Waals surface area contributed by atoms with Gasteiger partial charge in [0.25, 0.3) is 0 Å². The van der Waals surface area contributed by atoms with Crippen LogP contribution in [-0.4, -0.2) is 10.6 Å². The number of aliphatic imine (C=N–C) groups is 1. The predicted molar refractivity (Wildman–Crippen MR) is 46.8 cm³/mol. The molecule has 0 aliphatic heterocycles. The lowest BCUT2D eigenvalue weighted by atomic mass is 10.5. The van der Waals surface area contributed by atoms with Crippen molar-refractivity contribution in [3.05, 3.63) is 11.8 Å². The summed E-state index contributed by atoms with van der Waals surface area (Å²) in [5, 5.41) is 0. The summed E-state index contributed by atoms with van der Waals surface area (Å²) in [4.78, 5) is 4.05. The summed E-state index contributed by atoms with van der Waals surface area (Å²) in [6, 6.07) is 0. The minimum atomic E-state index is 1.04. The van der Waals surface area contributed by atoms with Crippen molar-refractivity contribution < 1.29 is 0 Å². The lowest BCUT2D eigenvalue weighted by Crippen LogP contribution is -1.69. The van der Waals surface area contributed by atoms with Gasteiger partial charge in [0.2, 0.25) is 0 Å². The summed E-state index contributed by atoms with van der Waals surface area (Å²) >= 11 is 2.29. The van der Waals surface area contributed by atoms with E-state index in [-0.39, 0.29) is 0 Å². The molecule has 0 aliphatic carbocycles. The van der Waals surface area contributed by atoms with E-state index < -0.39 is 0 Å². The number of rotatable bonds is 2. The van der Waals surface area contributed by atoms with E-state index in [1.165, 1.54) is 0 Å². The molecular formula is C6H10IN. The molecule has 0 fully saturated rings. The highest BCUT2D eigenvalue weighted by molar-refractivity contribution is 14.1. The number of hydrogen-bond donors (Lipinski definition) is 0. The zero-order valence-corrected chi connectivity index (χ0v) is 7.34. The first-order chi connectivity index (χ1) is 3.81. The largest absolute Gasteiger partial charge is 0.267 e. The van der Waals surface area contributed by atoms with Gasteiger partial charge in [0.05, 0.1) is 0 Å². The second-order valence-corrected chi connectivity index (χ2v) is 2.27. The van der Waals surface area contributed by atoms with E-state index in [9.17, 15) is 0 Å². The minimum Gasteiger partial charge on any atom is -0.267 e. The molecule has 0 aromatic heterocycles. The Kier molecular flexibility index (Phi) is 5.37. The summed E-state index contributed by atoms with van der Waals surface area (Å²) in [5.41, 5.74) is 1.10. The molecule has 0 aliphatic rings. The van der Waals surface area contributed by atoms with Gasteiger partial charge in [-0.2, -0.15) is 0 Å². The molecule has 0 spiro atoms. The number of allylic oxidation sites excluding steroid dienone is 2. The molecular weight excluding hydrogens is 213 g/mol. The van der Waals surface area contributed by atoms with Crippen molar-refractivity contribution in [2.45, 2.75) is 13.8 Å². The molecule has 0 bridgehead atoms. The molecule has 0 heterocycles. The molecule has 0 aromatic rings. The Morgan fingerprint density at radius 3 is 2.75 bits per heavy atom. The van der Waals surface area contributed by atoms with Gasteiger partial charge in [-0.15, -0.1) is 0 Å². The lowest BCUT2D eigenvalue weighted by Gasteiger charge is -1.84. The van der Waals surface area contributed by atoms with Crippen LogP contribution >= 0.6 is 22.6 Å². The van der Waals surface area contributed by atoms with Crippen LogP contribution in [0.5, 0.6) is 0 Å². The van der Waals surface area contributed by atoms with Crippen LogP contribution in [-0.2, 0) is 0 Å². The zero-order valence-electron chi connectivity index (χ0n) is 5.19. The molecule has 46 valence electrons. The summed E-state index contributed by atoms with van der Waals surface area (Å²) in [6.07, 6.45) is 3.89. The van der Waals surface area contributed by atoms with E-state index in [1.54, 1.807) is 6.21 Å². The molecule has 0 amide bonds. The molecule has 8 heavy (non-hydrogen) atoms. The molecule has 0 saturated carbocycles. The molecule has 1 nitrogen and oxygen atoms in total. The third-order valence-corrected chi connectivity index (χ3v) is 1.15. The molecule has 0 aromatic carbocycles. The maximum atomic E-state index is 4.05. The van der Waals surface area contributed by atoms with Crippen molar-refractivity contribution in [1.29, 1.82) is 0 Å². The maximum absolute atomic E-state index is 4.05. The Morgan fingerprint density at radius 2 is 2.38 bits per heavy atom. The Bertz CT molecular complexity index is 105. The molecule has 2 heteroatoms. The number of hydrogen-bond acceptors (Lipinski definition) is 1. The SMILES string of the molecule is CC=N/C(C)=C\CI. The van der Waals surface area contributed by atoms with Crippen molar-refractivity contribution in [1.82, 2.24) is 0 Å². The van der Waals surface area contributed by atoms with Crippen LogP contribution in [0.15, 0.2) is 16.8 Å². The van der Waals surface area contributed by atoms with Gasteiger partial charge in [0, 0.05) is 16.3 Å². The van der Waals surface area contributed by atoms with Gasteiger partial charge in [-0.05, 0) is 13.8 Å². The molecule has 0 atom stereocenters. The van der Waals surface area contributed by atoms with E-state index in [0.29, 0.717) is 0 Å². The molecule has 0 rings (SSSR count). The first kappa shape index (κ1) is 8.14. The van der Waals surface area contributed by atoms with Gasteiger partial charge in [-0.3, -0.25) is 4.99 Å². The fourth-order valence-electron chi connectivity index (χ4n) is 0.368. The molecule has 0 radical (unpaired) electrons. The van der Waals surface area contributed by atoms with Gasteiger partial charge in [0.15, 0.2) is 0 Å². The second kappa shape index (κ2) is 5.28. The van der Waals surface area contributed by atoms with Gasteiger partial charge in [-0.25, -0.2) is 0 Å². The Morgan fingerprint density at radius 1 is 1.75 bits per heavy atom.